The summed E-state index contributed by atoms with van der Waals surface area (Å²) in [6, 6.07) is 23.0. The Morgan fingerprint density at radius 3 is 1.72 bits per heavy atom. The molecule has 2 atom stereocenters. The third kappa shape index (κ3) is 9.42. The predicted molar refractivity (Wildman–Crippen MR) is 142 cm³/mol. The lowest BCUT2D eigenvalue weighted by atomic mass is 10.0. The van der Waals surface area contributed by atoms with Crippen LogP contribution in [0.1, 0.15) is 23.1 Å². The van der Waals surface area contributed by atoms with Crippen LogP contribution >= 0.6 is 7.60 Å². The summed E-state index contributed by atoms with van der Waals surface area (Å²) in [7, 11) is -8.67. The van der Waals surface area contributed by atoms with Crippen molar-refractivity contribution in [2.24, 2.45) is 5.92 Å². The first-order chi connectivity index (χ1) is 18.5. The predicted octanol–water partition coefficient (Wildman–Crippen LogP) is 4.87. The molecule has 10 nitrogen and oxygen atoms in total. The highest BCUT2D eigenvalue weighted by Crippen LogP contribution is 2.52. The van der Waals surface area contributed by atoms with Gasteiger partial charge in [-0.3, -0.25) is 13.5 Å². The highest BCUT2D eigenvalue weighted by atomic mass is 32.2. The van der Waals surface area contributed by atoms with Gasteiger partial charge in [0.2, 0.25) is 0 Å². The Balaban J connectivity index is 1.81. The van der Waals surface area contributed by atoms with Gasteiger partial charge < -0.3 is 19.3 Å². The van der Waals surface area contributed by atoms with Crippen molar-refractivity contribution in [2.75, 3.05) is 6.16 Å². The van der Waals surface area contributed by atoms with Crippen molar-refractivity contribution in [2.45, 2.75) is 37.6 Å². The maximum atomic E-state index is 13.8. The molecule has 0 aliphatic heterocycles. The molecule has 0 aliphatic carbocycles. The van der Waals surface area contributed by atoms with Gasteiger partial charge in [-0.1, -0.05) is 78.4 Å². The highest BCUT2D eigenvalue weighted by molar-refractivity contribution is 7.86. The summed E-state index contributed by atoms with van der Waals surface area (Å²) in [5.41, 5.74) is 2.09. The van der Waals surface area contributed by atoms with Gasteiger partial charge in [0.15, 0.2) is 6.10 Å². The van der Waals surface area contributed by atoms with E-state index in [4.69, 9.17) is 13.2 Å². The molecule has 2 N–H and O–H groups in total. The Kier molecular flexibility index (Phi) is 10.6. The molecule has 0 amide bonds. The Morgan fingerprint density at radius 1 is 0.795 bits per heavy atom. The van der Waals surface area contributed by atoms with E-state index in [1.165, 1.54) is 24.3 Å². The molecule has 0 aliphatic rings. The molecule has 0 fully saturated rings. The summed E-state index contributed by atoms with van der Waals surface area (Å²) in [5, 5.41) is 19.5. The van der Waals surface area contributed by atoms with Crippen molar-refractivity contribution < 1.29 is 46.0 Å². The van der Waals surface area contributed by atoms with Crippen LogP contribution in [0.5, 0.6) is 0 Å². The second-order valence-electron chi connectivity index (χ2n) is 8.77. The molecular weight excluding hydrogens is 547 g/mol. The molecule has 3 aromatic carbocycles. The topological polar surface area (TPSA) is 154 Å². The van der Waals surface area contributed by atoms with Gasteiger partial charge in [0, 0.05) is 0 Å². The molecule has 12 heteroatoms. The van der Waals surface area contributed by atoms with Gasteiger partial charge >= 0.3 is 19.5 Å². The van der Waals surface area contributed by atoms with E-state index in [2.05, 4.69) is 0 Å². The van der Waals surface area contributed by atoms with E-state index in [9.17, 15) is 32.8 Å². The molecule has 0 bridgehead atoms. The SMILES string of the molecule is Cc1ccc(S(=O)(=O)O[C@H](C[C@H](CP(=O)(OCc2ccccc2)OCc2ccccc2)C(=O)O)C(=O)O)cc1. The third-order valence-electron chi connectivity index (χ3n) is 5.66. The first-order valence-electron chi connectivity index (χ1n) is 11.9. The lowest BCUT2D eigenvalue weighted by Gasteiger charge is -2.24. The molecule has 0 aromatic heterocycles. The summed E-state index contributed by atoms with van der Waals surface area (Å²) in [5.74, 6) is -4.83. The molecule has 0 unspecified atom stereocenters. The first kappa shape index (κ1) is 30.2. The van der Waals surface area contributed by atoms with Gasteiger partial charge in [0.05, 0.1) is 30.2 Å². The van der Waals surface area contributed by atoms with Gasteiger partial charge in [-0.25, -0.2) is 4.79 Å². The number of aryl methyl sites for hydroxylation is 1. The monoisotopic (exact) mass is 576 g/mol. The minimum Gasteiger partial charge on any atom is -0.481 e. The fraction of sp³-hybridized carbons (Fsp3) is 0.259. The van der Waals surface area contributed by atoms with Crippen molar-refractivity contribution in [1.29, 1.82) is 0 Å². The second kappa shape index (κ2) is 13.6. The van der Waals surface area contributed by atoms with Gasteiger partial charge in [-0.2, -0.15) is 8.42 Å². The van der Waals surface area contributed by atoms with Crippen LogP contribution < -0.4 is 0 Å². The van der Waals surface area contributed by atoms with E-state index in [0.29, 0.717) is 11.1 Å². The minimum atomic E-state index is -4.53. The van der Waals surface area contributed by atoms with Crippen molar-refractivity contribution in [3.8, 4) is 0 Å². The number of carboxylic acid groups (broad SMARTS) is 2. The van der Waals surface area contributed by atoms with Crippen LogP contribution in [0.25, 0.3) is 0 Å². The number of aliphatic carboxylic acids is 2. The maximum absolute atomic E-state index is 13.8. The van der Waals surface area contributed by atoms with Crippen molar-refractivity contribution in [1.82, 2.24) is 0 Å². The minimum absolute atomic E-state index is 0.153. The molecule has 208 valence electrons. The van der Waals surface area contributed by atoms with Crippen molar-refractivity contribution >= 4 is 29.7 Å². The van der Waals surface area contributed by atoms with E-state index in [0.717, 1.165) is 5.56 Å². The Bertz CT molecular complexity index is 1350. The quantitative estimate of drug-likeness (QED) is 0.189. The lowest BCUT2D eigenvalue weighted by Crippen LogP contribution is -2.33. The lowest BCUT2D eigenvalue weighted by molar-refractivity contribution is -0.148. The fourth-order valence-corrected chi connectivity index (χ4v) is 6.38. The van der Waals surface area contributed by atoms with Gasteiger partial charge in [0.1, 0.15) is 0 Å². The number of hydrogen-bond acceptors (Lipinski definition) is 8. The molecule has 0 radical (unpaired) electrons. The summed E-state index contributed by atoms with van der Waals surface area (Å²) in [6.07, 6.45) is -3.57. The smallest absolute Gasteiger partial charge is 0.334 e. The van der Waals surface area contributed by atoms with Crippen LogP contribution in [0.4, 0.5) is 0 Å². The van der Waals surface area contributed by atoms with E-state index in [1.807, 2.05) is 0 Å². The zero-order valence-corrected chi connectivity index (χ0v) is 22.8. The number of rotatable bonds is 15. The largest absolute Gasteiger partial charge is 0.481 e. The van der Waals surface area contributed by atoms with E-state index in [-0.39, 0.29) is 18.1 Å². The first-order valence-corrected chi connectivity index (χ1v) is 15.0. The zero-order valence-electron chi connectivity index (χ0n) is 21.1. The normalized spacial score (nSPS) is 13.5. The van der Waals surface area contributed by atoms with Crippen molar-refractivity contribution in [3.05, 3.63) is 102 Å². The Morgan fingerprint density at radius 2 is 1.28 bits per heavy atom. The molecule has 3 aromatic rings. The number of benzene rings is 3. The maximum Gasteiger partial charge on any atom is 0.334 e. The molecule has 0 saturated heterocycles. The molecule has 3 rings (SSSR count). The van der Waals surface area contributed by atoms with Crippen LogP contribution in [-0.2, 0) is 50.7 Å². The standard InChI is InChI=1S/C27H29O10PS/c1-20-12-14-24(15-13-20)39(33,34)37-25(27(30)31)16-23(26(28)29)19-38(32,35-17-21-8-4-2-5-9-21)36-18-22-10-6-3-7-11-22/h2-15,23,25H,16-19H2,1H3,(H,28,29)(H,30,31)/t23-,25-/m1/s1. The summed E-state index contributed by atoms with van der Waals surface area (Å²) >= 11 is 0. The third-order valence-corrected chi connectivity index (χ3v) is 8.93. The van der Waals surface area contributed by atoms with E-state index >= 15 is 0 Å². The molecule has 0 spiro atoms. The summed E-state index contributed by atoms with van der Waals surface area (Å²) in [6.45, 7) is 1.44. The second-order valence-corrected chi connectivity index (χ2v) is 12.4. The van der Waals surface area contributed by atoms with Gasteiger partial charge in [0.25, 0.3) is 10.1 Å². The van der Waals surface area contributed by atoms with Crippen LogP contribution in [0.3, 0.4) is 0 Å². The summed E-state index contributed by atoms with van der Waals surface area (Å²) < 4.78 is 55.2. The zero-order chi connectivity index (χ0) is 28.5. The Hall–Kier alpha value is -3.34. The number of carboxylic acids is 2. The van der Waals surface area contributed by atoms with E-state index in [1.54, 1.807) is 67.6 Å². The average Bonchev–Trinajstić information content (AvgIpc) is 2.91. The van der Waals surface area contributed by atoms with Crippen LogP contribution in [0.15, 0.2) is 89.8 Å². The van der Waals surface area contributed by atoms with Crippen LogP contribution in [0, 0.1) is 12.8 Å². The van der Waals surface area contributed by atoms with Gasteiger partial charge in [-0.15, -0.1) is 0 Å². The van der Waals surface area contributed by atoms with Crippen molar-refractivity contribution in [3.63, 3.8) is 0 Å². The molecule has 39 heavy (non-hydrogen) atoms. The van der Waals surface area contributed by atoms with Crippen LogP contribution in [0.2, 0.25) is 0 Å². The number of hydrogen-bond donors (Lipinski definition) is 2. The van der Waals surface area contributed by atoms with E-state index < -0.39 is 54.3 Å². The summed E-state index contributed by atoms with van der Waals surface area (Å²) in [4.78, 5) is 23.7. The number of carbonyl (C=O) groups is 2. The molecule has 0 saturated carbocycles. The highest BCUT2D eigenvalue weighted by Gasteiger charge is 2.38. The average molecular weight is 577 g/mol. The fourth-order valence-electron chi connectivity index (χ4n) is 3.51. The van der Waals surface area contributed by atoms with Crippen LogP contribution in [-0.4, -0.2) is 42.8 Å². The molecular formula is C27H29O10PS. The molecule has 0 heterocycles. The Labute approximate surface area is 226 Å². The van der Waals surface area contributed by atoms with Gasteiger partial charge in [-0.05, 0) is 36.6 Å².